The van der Waals surface area contributed by atoms with Crippen LogP contribution < -0.4 is 4.74 Å². The number of carbonyl (C=O) groups is 2. The molecule has 0 radical (unpaired) electrons. The van der Waals surface area contributed by atoms with Crippen LogP contribution in [0.3, 0.4) is 0 Å². The monoisotopic (exact) mass is 416 g/mol. The fourth-order valence-electron chi connectivity index (χ4n) is 2.83. The smallest absolute Gasteiger partial charge is 0.343 e. The van der Waals surface area contributed by atoms with Gasteiger partial charge in [-0.25, -0.2) is 13.9 Å². The van der Waals surface area contributed by atoms with Crippen LogP contribution in [0.2, 0.25) is 5.15 Å². The lowest BCUT2D eigenvalue weighted by atomic mass is 10.1. The minimum Gasteiger partial charge on any atom is -0.496 e. The van der Waals surface area contributed by atoms with Crippen LogP contribution in [0.15, 0.2) is 48.5 Å². The Balaban J connectivity index is 1.73. The topological polar surface area (TPSA) is 70.4 Å². The Morgan fingerprint density at radius 2 is 1.90 bits per heavy atom. The van der Waals surface area contributed by atoms with E-state index in [1.54, 1.807) is 6.92 Å². The van der Waals surface area contributed by atoms with E-state index in [0.29, 0.717) is 12.2 Å². The van der Waals surface area contributed by atoms with Gasteiger partial charge in [0.2, 0.25) is 5.78 Å². The molecule has 0 N–H and O–H groups in total. The number of ketones is 1. The number of rotatable bonds is 7. The first-order chi connectivity index (χ1) is 13.9. The minimum atomic E-state index is -0.782. The van der Waals surface area contributed by atoms with Crippen LogP contribution >= 0.6 is 11.6 Å². The number of nitrogens with zero attached hydrogens (tertiary/aromatic N) is 2. The molecule has 0 saturated carbocycles. The first kappa shape index (κ1) is 20.5. The van der Waals surface area contributed by atoms with Crippen molar-refractivity contribution in [3.63, 3.8) is 0 Å². The summed E-state index contributed by atoms with van der Waals surface area (Å²) in [6.45, 7) is 1.42. The molecule has 2 aromatic carbocycles. The van der Waals surface area contributed by atoms with Gasteiger partial charge < -0.3 is 9.47 Å². The van der Waals surface area contributed by atoms with Gasteiger partial charge >= 0.3 is 5.97 Å². The van der Waals surface area contributed by atoms with E-state index in [4.69, 9.17) is 21.1 Å². The minimum absolute atomic E-state index is 0.0112. The summed E-state index contributed by atoms with van der Waals surface area (Å²) in [6.07, 6.45) is 0. The Morgan fingerprint density at radius 3 is 2.59 bits per heavy atom. The molecule has 0 aliphatic carbocycles. The first-order valence-electron chi connectivity index (χ1n) is 8.71. The SMILES string of the molecule is COc1ccc(F)cc1C(=O)COC(=O)c1c(C)nn(Cc2ccccc2)c1Cl. The van der Waals surface area contributed by atoms with Crippen LogP contribution in [0.4, 0.5) is 4.39 Å². The zero-order valence-electron chi connectivity index (χ0n) is 15.8. The zero-order chi connectivity index (χ0) is 21.0. The number of carbonyl (C=O) groups excluding carboxylic acids is 2. The second kappa shape index (κ2) is 8.87. The molecule has 3 rings (SSSR count). The molecule has 0 saturated heterocycles. The molecule has 8 heteroatoms. The second-order valence-corrected chi connectivity index (χ2v) is 6.60. The van der Waals surface area contributed by atoms with Crippen molar-refractivity contribution in [1.29, 1.82) is 0 Å². The largest absolute Gasteiger partial charge is 0.496 e. The van der Waals surface area contributed by atoms with Crippen molar-refractivity contribution in [3.05, 3.63) is 81.9 Å². The lowest BCUT2D eigenvalue weighted by molar-refractivity contribution is 0.0473. The van der Waals surface area contributed by atoms with Gasteiger partial charge in [-0.15, -0.1) is 0 Å². The molecule has 0 fully saturated rings. The van der Waals surface area contributed by atoms with E-state index < -0.39 is 24.2 Å². The summed E-state index contributed by atoms with van der Waals surface area (Å²) in [7, 11) is 1.36. The summed E-state index contributed by atoms with van der Waals surface area (Å²) in [5, 5.41) is 4.40. The molecule has 3 aromatic rings. The van der Waals surface area contributed by atoms with E-state index in [1.807, 2.05) is 30.3 Å². The molecule has 1 heterocycles. The van der Waals surface area contributed by atoms with E-state index in [0.717, 1.165) is 11.6 Å². The van der Waals surface area contributed by atoms with Crippen molar-refractivity contribution < 1.29 is 23.5 Å². The van der Waals surface area contributed by atoms with Gasteiger partial charge in [0.15, 0.2) is 6.61 Å². The third-order valence-corrected chi connectivity index (χ3v) is 4.63. The van der Waals surface area contributed by atoms with Crippen LogP contribution in [0.25, 0.3) is 0 Å². The summed E-state index contributed by atoms with van der Waals surface area (Å²) in [6, 6.07) is 13.0. The first-order valence-corrected chi connectivity index (χ1v) is 9.09. The Bertz CT molecular complexity index is 1050. The number of hydrogen-bond acceptors (Lipinski definition) is 5. The molecular formula is C21H18ClFN2O4. The van der Waals surface area contributed by atoms with Crippen molar-refractivity contribution in [2.24, 2.45) is 0 Å². The number of hydrogen-bond donors (Lipinski definition) is 0. The maximum Gasteiger partial charge on any atom is 0.343 e. The summed E-state index contributed by atoms with van der Waals surface area (Å²) in [4.78, 5) is 24.8. The number of halogens is 2. The predicted octanol–water partition coefficient (Wildman–Crippen LogP) is 4.08. The Labute approximate surface area is 171 Å². The Kier molecular flexibility index (Phi) is 6.29. The quantitative estimate of drug-likeness (QED) is 0.428. The molecule has 0 bridgehead atoms. The standard InChI is InChI=1S/C21H18ClFN2O4/c1-13-19(20(22)25(24-13)11-14-6-4-3-5-7-14)21(27)29-12-17(26)16-10-15(23)8-9-18(16)28-2/h3-10H,11-12H2,1-2H3. The zero-order valence-corrected chi connectivity index (χ0v) is 16.6. The van der Waals surface area contributed by atoms with Gasteiger partial charge in [-0.2, -0.15) is 5.10 Å². The normalized spacial score (nSPS) is 10.6. The van der Waals surface area contributed by atoms with Crippen molar-refractivity contribution >= 4 is 23.4 Å². The maximum atomic E-state index is 13.5. The molecule has 29 heavy (non-hydrogen) atoms. The predicted molar refractivity (Wildman–Crippen MR) is 105 cm³/mol. The summed E-state index contributed by atoms with van der Waals surface area (Å²) >= 11 is 6.32. The number of esters is 1. The Hall–Kier alpha value is -3.19. The van der Waals surface area contributed by atoms with Crippen LogP contribution in [-0.2, 0) is 11.3 Å². The molecule has 0 aliphatic heterocycles. The highest BCUT2D eigenvalue weighted by atomic mass is 35.5. The molecule has 6 nitrogen and oxygen atoms in total. The highest BCUT2D eigenvalue weighted by Crippen LogP contribution is 2.23. The van der Waals surface area contributed by atoms with Gasteiger partial charge in [0.25, 0.3) is 0 Å². The van der Waals surface area contributed by atoms with Gasteiger partial charge in [-0.05, 0) is 30.7 Å². The highest BCUT2D eigenvalue weighted by Gasteiger charge is 2.23. The number of aromatic nitrogens is 2. The lowest BCUT2D eigenvalue weighted by Gasteiger charge is -2.08. The summed E-state index contributed by atoms with van der Waals surface area (Å²) in [5.41, 5.74) is 1.42. The molecule has 0 amide bonds. The molecule has 150 valence electrons. The van der Waals surface area contributed by atoms with Crippen molar-refractivity contribution in [1.82, 2.24) is 9.78 Å². The summed E-state index contributed by atoms with van der Waals surface area (Å²) < 4.78 is 25.1. The molecule has 0 unspecified atom stereocenters. The van der Waals surface area contributed by atoms with E-state index >= 15 is 0 Å². The molecule has 1 aromatic heterocycles. The van der Waals surface area contributed by atoms with Crippen molar-refractivity contribution in [2.75, 3.05) is 13.7 Å². The maximum absolute atomic E-state index is 13.5. The fraction of sp³-hybridized carbons (Fsp3) is 0.190. The van der Waals surface area contributed by atoms with Gasteiger partial charge in [0.05, 0.1) is 24.9 Å². The average Bonchev–Trinajstić information content (AvgIpc) is 2.99. The van der Waals surface area contributed by atoms with Gasteiger partial charge in [0, 0.05) is 0 Å². The number of methoxy groups -OCH3 is 1. The van der Waals surface area contributed by atoms with E-state index in [-0.39, 0.29) is 22.0 Å². The van der Waals surface area contributed by atoms with E-state index in [2.05, 4.69) is 5.10 Å². The molecular weight excluding hydrogens is 399 g/mol. The third kappa shape index (κ3) is 4.63. The molecule has 0 aliphatic rings. The number of aryl methyl sites for hydroxylation is 1. The van der Waals surface area contributed by atoms with Gasteiger partial charge in [-0.3, -0.25) is 4.79 Å². The van der Waals surface area contributed by atoms with E-state index in [1.165, 1.54) is 23.9 Å². The number of benzene rings is 2. The fourth-order valence-corrected chi connectivity index (χ4v) is 3.14. The van der Waals surface area contributed by atoms with E-state index in [9.17, 15) is 14.0 Å². The van der Waals surface area contributed by atoms with Crippen LogP contribution in [0.1, 0.15) is 32.0 Å². The Morgan fingerprint density at radius 1 is 1.17 bits per heavy atom. The number of ether oxygens (including phenoxy) is 2. The van der Waals surface area contributed by atoms with Crippen molar-refractivity contribution in [2.45, 2.75) is 13.5 Å². The highest BCUT2D eigenvalue weighted by molar-refractivity contribution is 6.32. The molecule has 0 spiro atoms. The van der Waals surface area contributed by atoms with Crippen molar-refractivity contribution in [3.8, 4) is 5.75 Å². The third-order valence-electron chi connectivity index (χ3n) is 4.24. The van der Waals surface area contributed by atoms with Gasteiger partial charge in [-0.1, -0.05) is 41.9 Å². The molecule has 0 atom stereocenters. The number of Topliss-reactive ketones (excluding diaryl/α,β-unsaturated/α-hetero) is 1. The second-order valence-electron chi connectivity index (χ2n) is 6.24. The van der Waals surface area contributed by atoms with Crippen LogP contribution in [0.5, 0.6) is 5.75 Å². The van der Waals surface area contributed by atoms with Gasteiger partial charge in [0.1, 0.15) is 22.3 Å². The lowest BCUT2D eigenvalue weighted by Crippen LogP contribution is -2.16. The van der Waals surface area contributed by atoms with Crippen LogP contribution in [0, 0.1) is 12.7 Å². The summed E-state index contributed by atoms with van der Waals surface area (Å²) in [5.74, 6) is -1.78. The average molecular weight is 417 g/mol. The van der Waals surface area contributed by atoms with Crippen LogP contribution in [-0.4, -0.2) is 35.2 Å².